The molecule has 1 saturated heterocycles. The fraction of sp³-hybridized carbons (Fsp3) is 0.588. The van der Waals surface area contributed by atoms with E-state index in [9.17, 15) is 19.2 Å². The zero-order valence-electron chi connectivity index (χ0n) is 15.6. The van der Waals surface area contributed by atoms with E-state index in [1.807, 2.05) is 6.92 Å². The van der Waals surface area contributed by atoms with Gasteiger partial charge in [-0.05, 0) is 19.8 Å². The van der Waals surface area contributed by atoms with Gasteiger partial charge in [0.25, 0.3) is 5.56 Å². The van der Waals surface area contributed by atoms with E-state index in [1.54, 1.807) is 16.5 Å². The van der Waals surface area contributed by atoms with Crippen molar-refractivity contribution in [2.45, 2.75) is 45.2 Å². The zero-order valence-corrected chi connectivity index (χ0v) is 15.6. The van der Waals surface area contributed by atoms with Gasteiger partial charge in [0.15, 0.2) is 0 Å². The van der Waals surface area contributed by atoms with Crippen LogP contribution in [0.2, 0.25) is 0 Å². The zero-order chi connectivity index (χ0) is 19.6. The van der Waals surface area contributed by atoms with Gasteiger partial charge in [-0.3, -0.25) is 19.1 Å². The number of aromatic amines is 1. The van der Waals surface area contributed by atoms with Crippen LogP contribution in [0.15, 0.2) is 26.6 Å². The molecule has 1 N–H and O–H groups in total. The second-order valence-corrected chi connectivity index (χ2v) is 6.72. The summed E-state index contributed by atoms with van der Waals surface area (Å²) in [5.41, 5.74) is -1.08. The van der Waals surface area contributed by atoms with Gasteiger partial charge >= 0.3 is 11.4 Å². The minimum Gasteiger partial charge on any atom is -0.343 e. The van der Waals surface area contributed by atoms with Crippen LogP contribution in [-0.4, -0.2) is 47.8 Å². The number of amides is 1. The third-order valence-corrected chi connectivity index (χ3v) is 5.03. The Balaban J connectivity index is 1.58. The average molecular weight is 376 g/mol. The molecule has 3 rings (SSSR count). The Kier molecular flexibility index (Phi) is 5.43. The van der Waals surface area contributed by atoms with Gasteiger partial charge in [-0.2, -0.15) is 5.10 Å². The van der Waals surface area contributed by atoms with Crippen LogP contribution in [-0.2, 0) is 24.9 Å². The van der Waals surface area contributed by atoms with E-state index in [-0.39, 0.29) is 30.5 Å². The molecule has 0 atom stereocenters. The van der Waals surface area contributed by atoms with Crippen molar-refractivity contribution in [1.82, 2.24) is 28.8 Å². The van der Waals surface area contributed by atoms with Gasteiger partial charge in [0.1, 0.15) is 5.82 Å². The molecule has 0 unspecified atom stereocenters. The lowest BCUT2D eigenvalue weighted by atomic mass is 9.95. The lowest BCUT2D eigenvalue weighted by molar-refractivity contribution is -0.132. The first-order valence-corrected chi connectivity index (χ1v) is 9.12. The molecule has 0 bridgehead atoms. The molecule has 10 nitrogen and oxygen atoms in total. The number of H-pyrrole nitrogens is 1. The first-order chi connectivity index (χ1) is 12.9. The van der Waals surface area contributed by atoms with Gasteiger partial charge in [0, 0.05) is 57.8 Å². The maximum atomic E-state index is 12.4. The SMILES string of the molecule is CCn1c(C2CCN(C(=O)CCn3ccc(=O)[nH]c3=O)CC2)nn(C)c1=O. The molecule has 0 aromatic carbocycles. The molecule has 0 saturated carbocycles. The summed E-state index contributed by atoms with van der Waals surface area (Å²) >= 11 is 0. The van der Waals surface area contributed by atoms with Crippen molar-refractivity contribution in [3.8, 4) is 0 Å². The molecule has 10 heteroatoms. The summed E-state index contributed by atoms with van der Waals surface area (Å²) < 4.78 is 4.36. The number of nitrogens with one attached hydrogen (secondary N) is 1. The number of nitrogens with zero attached hydrogens (tertiary/aromatic N) is 5. The Labute approximate surface area is 155 Å². The van der Waals surface area contributed by atoms with Gasteiger partial charge in [0.05, 0.1) is 0 Å². The third-order valence-electron chi connectivity index (χ3n) is 5.03. The lowest BCUT2D eigenvalue weighted by Crippen LogP contribution is -2.39. The van der Waals surface area contributed by atoms with Crippen molar-refractivity contribution >= 4 is 5.91 Å². The number of hydrogen-bond acceptors (Lipinski definition) is 5. The molecule has 1 aliphatic rings. The van der Waals surface area contributed by atoms with Crippen LogP contribution in [0.4, 0.5) is 0 Å². The number of likely N-dealkylation sites (tertiary alicyclic amines) is 1. The number of aryl methyl sites for hydroxylation is 2. The average Bonchev–Trinajstić information content (AvgIpc) is 2.95. The topological polar surface area (TPSA) is 115 Å². The van der Waals surface area contributed by atoms with Crippen LogP contribution >= 0.6 is 0 Å². The predicted octanol–water partition coefficient (Wildman–Crippen LogP) is -0.752. The highest BCUT2D eigenvalue weighted by Gasteiger charge is 2.27. The lowest BCUT2D eigenvalue weighted by Gasteiger charge is -2.31. The van der Waals surface area contributed by atoms with Crippen molar-refractivity contribution in [2.75, 3.05) is 13.1 Å². The Morgan fingerprint density at radius 3 is 2.59 bits per heavy atom. The van der Waals surface area contributed by atoms with Gasteiger partial charge in [-0.25, -0.2) is 14.3 Å². The fourth-order valence-electron chi connectivity index (χ4n) is 3.50. The van der Waals surface area contributed by atoms with Crippen LogP contribution in [0, 0.1) is 0 Å². The number of rotatable bonds is 5. The van der Waals surface area contributed by atoms with Crippen LogP contribution in [0.3, 0.4) is 0 Å². The van der Waals surface area contributed by atoms with Gasteiger partial charge in [-0.15, -0.1) is 0 Å². The molecule has 0 radical (unpaired) electrons. The Hall–Kier alpha value is -2.91. The number of hydrogen-bond donors (Lipinski definition) is 1. The maximum Gasteiger partial charge on any atom is 0.345 e. The van der Waals surface area contributed by atoms with E-state index in [1.165, 1.54) is 21.5 Å². The van der Waals surface area contributed by atoms with E-state index in [4.69, 9.17) is 0 Å². The Bertz CT molecular complexity index is 990. The van der Waals surface area contributed by atoms with Gasteiger partial charge in [0.2, 0.25) is 5.91 Å². The Morgan fingerprint density at radius 1 is 1.26 bits per heavy atom. The molecule has 2 aromatic rings. The van der Waals surface area contributed by atoms with E-state index < -0.39 is 11.2 Å². The van der Waals surface area contributed by atoms with Crippen LogP contribution < -0.4 is 16.9 Å². The van der Waals surface area contributed by atoms with Gasteiger partial charge in [-0.1, -0.05) is 0 Å². The monoisotopic (exact) mass is 376 g/mol. The highest BCUT2D eigenvalue weighted by molar-refractivity contribution is 5.76. The van der Waals surface area contributed by atoms with Crippen molar-refractivity contribution in [3.63, 3.8) is 0 Å². The summed E-state index contributed by atoms with van der Waals surface area (Å²) in [6, 6.07) is 1.26. The minimum atomic E-state index is -0.512. The van der Waals surface area contributed by atoms with Crippen molar-refractivity contribution in [2.24, 2.45) is 7.05 Å². The molecule has 1 fully saturated rings. The maximum absolute atomic E-state index is 12.4. The smallest absolute Gasteiger partial charge is 0.343 e. The van der Waals surface area contributed by atoms with Crippen LogP contribution in [0.25, 0.3) is 0 Å². The second-order valence-electron chi connectivity index (χ2n) is 6.72. The highest BCUT2D eigenvalue weighted by Crippen LogP contribution is 2.26. The largest absolute Gasteiger partial charge is 0.345 e. The number of carbonyl (C=O) groups is 1. The standard InChI is InChI=1S/C17H24N6O4/c1-3-23-15(19-20(2)17(23)27)12-4-8-21(9-5-12)14(25)7-11-22-10-6-13(24)18-16(22)26/h6,10,12H,3-5,7-9,11H2,1-2H3,(H,18,24,26). The molecule has 27 heavy (non-hydrogen) atoms. The fourth-order valence-corrected chi connectivity index (χ4v) is 3.50. The predicted molar refractivity (Wildman–Crippen MR) is 97.6 cm³/mol. The van der Waals surface area contributed by atoms with E-state index in [0.29, 0.717) is 19.6 Å². The summed E-state index contributed by atoms with van der Waals surface area (Å²) in [5.74, 6) is 0.919. The third kappa shape index (κ3) is 3.93. The first kappa shape index (κ1) is 18.9. The summed E-state index contributed by atoms with van der Waals surface area (Å²) in [4.78, 5) is 51.2. The molecule has 146 valence electrons. The summed E-state index contributed by atoms with van der Waals surface area (Å²) in [6.07, 6.45) is 3.09. The van der Waals surface area contributed by atoms with Crippen LogP contribution in [0.1, 0.15) is 37.9 Å². The summed E-state index contributed by atoms with van der Waals surface area (Å²) in [5, 5.41) is 4.36. The van der Waals surface area contributed by atoms with E-state index >= 15 is 0 Å². The van der Waals surface area contributed by atoms with Crippen LogP contribution in [0.5, 0.6) is 0 Å². The molecule has 0 spiro atoms. The number of aromatic nitrogens is 5. The molecule has 2 aromatic heterocycles. The Morgan fingerprint density at radius 2 is 1.96 bits per heavy atom. The van der Waals surface area contributed by atoms with Crippen molar-refractivity contribution in [1.29, 1.82) is 0 Å². The van der Waals surface area contributed by atoms with E-state index in [0.717, 1.165) is 18.7 Å². The molecule has 3 heterocycles. The molecular weight excluding hydrogens is 352 g/mol. The molecule has 1 amide bonds. The normalized spacial score (nSPS) is 15.3. The molecule has 1 aliphatic heterocycles. The molecular formula is C17H24N6O4. The number of piperidine rings is 1. The van der Waals surface area contributed by atoms with Gasteiger partial charge < -0.3 is 9.47 Å². The molecule has 0 aliphatic carbocycles. The van der Waals surface area contributed by atoms with E-state index in [2.05, 4.69) is 10.1 Å². The first-order valence-electron chi connectivity index (χ1n) is 9.12. The second kappa shape index (κ2) is 7.77. The highest BCUT2D eigenvalue weighted by atomic mass is 16.2. The van der Waals surface area contributed by atoms with Crippen molar-refractivity contribution in [3.05, 3.63) is 49.4 Å². The minimum absolute atomic E-state index is 0.0274. The number of carbonyl (C=O) groups excluding carboxylic acids is 1. The summed E-state index contributed by atoms with van der Waals surface area (Å²) in [7, 11) is 1.65. The van der Waals surface area contributed by atoms with Crippen molar-refractivity contribution < 1.29 is 4.79 Å². The summed E-state index contributed by atoms with van der Waals surface area (Å²) in [6.45, 7) is 3.92. The quantitative estimate of drug-likeness (QED) is 0.737.